The van der Waals surface area contributed by atoms with Crippen molar-refractivity contribution in [2.45, 2.75) is 33.0 Å². The molecule has 0 amide bonds. The average Bonchev–Trinajstić information content (AvgIpc) is 2.18. The lowest BCUT2D eigenvalue weighted by Crippen LogP contribution is -2.27. The van der Waals surface area contributed by atoms with Crippen molar-refractivity contribution >= 4 is 15.9 Å². The standard InChI is InChI=1S/C11H14BrNO/c1-7(2)11-3-9-8(6-14-11)4-13-5-10(9)12/h4-5,7,11H,3,6H2,1-2H3. The monoisotopic (exact) mass is 255 g/mol. The van der Waals surface area contributed by atoms with Crippen molar-refractivity contribution in [2.24, 2.45) is 5.92 Å². The number of fused-ring (bicyclic) bond motifs is 1. The zero-order valence-corrected chi connectivity index (χ0v) is 10.0. The van der Waals surface area contributed by atoms with Gasteiger partial charge in [0.15, 0.2) is 0 Å². The maximum Gasteiger partial charge on any atom is 0.0739 e. The number of rotatable bonds is 1. The highest BCUT2D eigenvalue weighted by Gasteiger charge is 2.23. The summed E-state index contributed by atoms with van der Waals surface area (Å²) >= 11 is 3.54. The first-order valence-corrected chi connectivity index (χ1v) is 5.70. The van der Waals surface area contributed by atoms with Gasteiger partial charge < -0.3 is 4.74 Å². The van der Waals surface area contributed by atoms with Crippen LogP contribution < -0.4 is 0 Å². The Balaban J connectivity index is 2.29. The lowest BCUT2D eigenvalue weighted by atomic mass is 9.95. The highest BCUT2D eigenvalue weighted by atomic mass is 79.9. The topological polar surface area (TPSA) is 22.1 Å². The van der Waals surface area contributed by atoms with Crippen LogP contribution in [0.4, 0.5) is 0 Å². The predicted molar refractivity (Wildman–Crippen MR) is 59.1 cm³/mol. The zero-order chi connectivity index (χ0) is 10.1. The minimum atomic E-state index is 0.348. The Bertz CT molecular complexity index is 338. The van der Waals surface area contributed by atoms with Crippen molar-refractivity contribution in [1.29, 1.82) is 0 Å². The van der Waals surface area contributed by atoms with E-state index in [0.717, 1.165) is 10.9 Å². The fourth-order valence-electron chi connectivity index (χ4n) is 1.74. The molecule has 0 radical (unpaired) electrons. The highest BCUT2D eigenvalue weighted by molar-refractivity contribution is 9.10. The van der Waals surface area contributed by atoms with Crippen LogP contribution >= 0.6 is 15.9 Å². The summed E-state index contributed by atoms with van der Waals surface area (Å²) in [5.41, 5.74) is 2.58. The van der Waals surface area contributed by atoms with Crippen molar-refractivity contribution in [3.05, 3.63) is 28.0 Å². The van der Waals surface area contributed by atoms with E-state index in [4.69, 9.17) is 4.74 Å². The minimum absolute atomic E-state index is 0.348. The van der Waals surface area contributed by atoms with Gasteiger partial charge in [-0.15, -0.1) is 0 Å². The second-order valence-electron chi connectivity index (χ2n) is 4.06. The van der Waals surface area contributed by atoms with Gasteiger partial charge in [-0.25, -0.2) is 0 Å². The first-order chi connectivity index (χ1) is 6.68. The van der Waals surface area contributed by atoms with E-state index in [2.05, 4.69) is 34.8 Å². The van der Waals surface area contributed by atoms with Crippen LogP contribution in [0, 0.1) is 5.92 Å². The summed E-state index contributed by atoms with van der Waals surface area (Å²) in [6.45, 7) is 5.10. The third kappa shape index (κ3) is 1.84. The lowest BCUT2D eigenvalue weighted by Gasteiger charge is -2.28. The molecule has 2 heterocycles. The Hall–Kier alpha value is -0.410. The molecule has 1 aliphatic heterocycles. The van der Waals surface area contributed by atoms with Gasteiger partial charge in [-0.1, -0.05) is 13.8 Å². The lowest BCUT2D eigenvalue weighted by molar-refractivity contribution is -0.000695. The molecule has 1 aromatic heterocycles. The van der Waals surface area contributed by atoms with Gasteiger partial charge in [-0.3, -0.25) is 4.98 Å². The molecule has 0 spiro atoms. The third-order valence-corrected chi connectivity index (χ3v) is 3.38. The quantitative estimate of drug-likeness (QED) is 0.770. The second kappa shape index (κ2) is 3.99. The molecule has 1 atom stereocenters. The molecule has 14 heavy (non-hydrogen) atoms. The van der Waals surface area contributed by atoms with Gasteiger partial charge in [-0.2, -0.15) is 0 Å². The van der Waals surface area contributed by atoms with Crippen LogP contribution in [0.25, 0.3) is 0 Å². The summed E-state index contributed by atoms with van der Waals surface area (Å²) in [6.07, 6.45) is 5.11. The van der Waals surface area contributed by atoms with Gasteiger partial charge in [-0.05, 0) is 27.4 Å². The van der Waals surface area contributed by atoms with Crippen molar-refractivity contribution < 1.29 is 4.74 Å². The van der Waals surface area contributed by atoms with Crippen LogP contribution in [-0.2, 0) is 17.8 Å². The van der Waals surface area contributed by atoms with Gasteiger partial charge in [0, 0.05) is 28.9 Å². The first-order valence-electron chi connectivity index (χ1n) is 4.91. The van der Waals surface area contributed by atoms with Crippen molar-refractivity contribution in [1.82, 2.24) is 4.98 Å². The molecule has 1 aliphatic rings. The third-order valence-electron chi connectivity index (χ3n) is 2.70. The summed E-state index contributed by atoms with van der Waals surface area (Å²) in [5, 5.41) is 0. The Morgan fingerprint density at radius 3 is 3.00 bits per heavy atom. The van der Waals surface area contributed by atoms with Crippen molar-refractivity contribution in [3.8, 4) is 0 Å². The number of pyridine rings is 1. The molecule has 3 heteroatoms. The number of ether oxygens (including phenoxy) is 1. The smallest absolute Gasteiger partial charge is 0.0739 e. The first kappa shape index (κ1) is 10.1. The molecule has 2 rings (SSSR count). The fraction of sp³-hybridized carbons (Fsp3) is 0.545. The second-order valence-corrected chi connectivity index (χ2v) is 4.91. The molecule has 0 fully saturated rings. The molecule has 1 unspecified atom stereocenters. The van der Waals surface area contributed by atoms with E-state index in [0.29, 0.717) is 18.6 Å². The largest absolute Gasteiger partial charge is 0.373 e. The van der Waals surface area contributed by atoms with Crippen LogP contribution in [-0.4, -0.2) is 11.1 Å². The number of nitrogens with zero attached hydrogens (tertiary/aromatic N) is 1. The van der Waals surface area contributed by atoms with Gasteiger partial charge in [0.2, 0.25) is 0 Å². The molecular weight excluding hydrogens is 242 g/mol. The van der Waals surface area contributed by atoms with E-state index in [1.807, 2.05) is 12.4 Å². The highest BCUT2D eigenvalue weighted by Crippen LogP contribution is 2.28. The number of hydrogen-bond acceptors (Lipinski definition) is 2. The Labute approximate surface area is 92.8 Å². The van der Waals surface area contributed by atoms with E-state index in [1.54, 1.807) is 0 Å². The minimum Gasteiger partial charge on any atom is -0.373 e. The molecule has 0 N–H and O–H groups in total. The van der Waals surface area contributed by atoms with Gasteiger partial charge in [0.25, 0.3) is 0 Å². The maximum absolute atomic E-state index is 5.76. The average molecular weight is 256 g/mol. The number of aromatic nitrogens is 1. The van der Waals surface area contributed by atoms with Crippen LogP contribution in [0.1, 0.15) is 25.0 Å². The number of halogens is 1. The zero-order valence-electron chi connectivity index (χ0n) is 8.46. The predicted octanol–water partition coefficient (Wildman–Crippen LogP) is 2.94. The normalized spacial score (nSPS) is 21.0. The van der Waals surface area contributed by atoms with Gasteiger partial charge >= 0.3 is 0 Å². The van der Waals surface area contributed by atoms with Crippen LogP contribution in [0.3, 0.4) is 0 Å². The van der Waals surface area contributed by atoms with Crippen molar-refractivity contribution in [3.63, 3.8) is 0 Å². The SMILES string of the molecule is CC(C)C1Cc2c(Br)cncc2CO1. The molecule has 0 aliphatic carbocycles. The molecule has 0 saturated heterocycles. The Morgan fingerprint density at radius 2 is 2.29 bits per heavy atom. The Kier molecular flexibility index (Phi) is 2.88. The molecule has 76 valence electrons. The summed E-state index contributed by atoms with van der Waals surface area (Å²) in [4.78, 5) is 4.14. The van der Waals surface area contributed by atoms with Gasteiger partial charge in [0.05, 0.1) is 12.7 Å². The molecule has 2 nitrogen and oxygen atoms in total. The van der Waals surface area contributed by atoms with E-state index < -0.39 is 0 Å². The Morgan fingerprint density at radius 1 is 1.50 bits per heavy atom. The summed E-state index contributed by atoms with van der Waals surface area (Å²) in [5.74, 6) is 0.572. The maximum atomic E-state index is 5.76. The van der Waals surface area contributed by atoms with E-state index >= 15 is 0 Å². The molecule has 0 saturated carbocycles. The molecule has 1 aromatic rings. The summed E-state index contributed by atoms with van der Waals surface area (Å²) in [6, 6.07) is 0. The number of hydrogen-bond donors (Lipinski definition) is 0. The fourth-order valence-corrected chi connectivity index (χ4v) is 2.27. The van der Waals surface area contributed by atoms with Crippen LogP contribution in [0.2, 0.25) is 0 Å². The van der Waals surface area contributed by atoms with Crippen molar-refractivity contribution in [2.75, 3.05) is 0 Å². The summed E-state index contributed by atoms with van der Waals surface area (Å²) in [7, 11) is 0. The van der Waals surface area contributed by atoms with E-state index in [1.165, 1.54) is 11.1 Å². The molecule has 0 bridgehead atoms. The molecule has 0 aromatic carbocycles. The van der Waals surface area contributed by atoms with Crippen LogP contribution in [0.5, 0.6) is 0 Å². The van der Waals surface area contributed by atoms with E-state index in [-0.39, 0.29) is 0 Å². The van der Waals surface area contributed by atoms with E-state index in [9.17, 15) is 0 Å². The molecular formula is C11H14BrNO. The summed E-state index contributed by atoms with van der Waals surface area (Å²) < 4.78 is 6.87. The van der Waals surface area contributed by atoms with Crippen LogP contribution in [0.15, 0.2) is 16.9 Å². The van der Waals surface area contributed by atoms with Gasteiger partial charge in [0.1, 0.15) is 0 Å².